The van der Waals surface area contributed by atoms with Gasteiger partial charge in [-0.1, -0.05) is 21.6 Å². The monoisotopic (exact) mass is 212 g/mol. The third kappa shape index (κ3) is 1.69. The summed E-state index contributed by atoms with van der Waals surface area (Å²) in [6, 6.07) is 0. The molecule has 1 aliphatic heterocycles. The largest absolute Gasteiger partial charge is 1.00 e. The second kappa shape index (κ2) is 4.13. The number of carboxylic acids is 1. The molecule has 2 rings (SSSR count). The number of rotatable bonds is 1. The smallest absolute Gasteiger partial charge is 0.550 e. The zero-order valence-electron chi connectivity index (χ0n) is 7.04. The van der Waals surface area contributed by atoms with E-state index in [4.69, 9.17) is 0 Å². The molecule has 2 fully saturated rings. The van der Waals surface area contributed by atoms with Gasteiger partial charge in [0.25, 0.3) is 0 Å². The minimum atomic E-state index is -0.841. The summed E-state index contributed by atoms with van der Waals surface area (Å²) in [6.07, 6.45) is 2.96. The van der Waals surface area contributed by atoms with Gasteiger partial charge in [-0.2, -0.15) is 0 Å². The molecule has 2 nitrogen and oxygen atoms in total. The summed E-state index contributed by atoms with van der Waals surface area (Å²) in [4.78, 5) is 10.6. The number of carbonyl (C=O) groups is 1. The van der Waals surface area contributed by atoms with Gasteiger partial charge in [-0.25, -0.2) is 0 Å². The molecule has 62 valence electrons. The Morgan fingerprint density at radius 3 is 2.58 bits per heavy atom. The topological polar surface area (TPSA) is 40.1 Å². The van der Waals surface area contributed by atoms with Gasteiger partial charge >= 0.3 is 29.6 Å². The zero-order valence-corrected chi connectivity index (χ0v) is 10.7. The van der Waals surface area contributed by atoms with Crippen molar-refractivity contribution < 1.29 is 39.5 Å². The molecule has 1 heterocycles. The first-order chi connectivity index (χ1) is 5.25. The van der Waals surface area contributed by atoms with Crippen LogP contribution in [-0.2, 0) is 4.79 Å². The standard InChI is InChI=1S/C7H10O2S2.Na/c8-6(9)5-1-2-7(5)3-4-10-11-7;/h5H,1-4H2,(H,8,9);/q;+1/p-1. The number of carboxylic acid groups (broad SMARTS) is 1. The van der Waals surface area contributed by atoms with E-state index in [-0.39, 0.29) is 40.2 Å². The molecule has 2 aliphatic rings. The molecule has 1 saturated heterocycles. The Kier molecular flexibility index (Phi) is 3.87. The van der Waals surface area contributed by atoms with Crippen molar-refractivity contribution in [3.8, 4) is 0 Å². The van der Waals surface area contributed by atoms with Crippen molar-refractivity contribution in [2.75, 3.05) is 5.75 Å². The predicted molar refractivity (Wildman–Crippen MR) is 45.1 cm³/mol. The van der Waals surface area contributed by atoms with E-state index >= 15 is 0 Å². The molecule has 0 amide bonds. The quantitative estimate of drug-likeness (QED) is 0.361. The first-order valence-corrected chi connectivity index (χ1v) is 6.08. The second-order valence-corrected chi connectivity index (χ2v) is 5.96. The van der Waals surface area contributed by atoms with Crippen LogP contribution in [0.2, 0.25) is 0 Å². The van der Waals surface area contributed by atoms with E-state index in [9.17, 15) is 9.90 Å². The van der Waals surface area contributed by atoms with Gasteiger partial charge in [0.2, 0.25) is 0 Å². The second-order valence-electron chi connectivity index (χ2n) is 3.13. The molecule has 1 aliphatic carbocycles. The molecular weight excluding hydrogens is 203 g/mol. The van der Waals surface area contributed by atoms with Gasteiger partial charge in [-0.05, 0) is 19.3 Å². The van der Waals surface area contributed by atoms with Crippen molar-refractivity contribution in [3.63, 3.8) is 0 Å². The molecule has 0 N–H and O–H groups in total. The summed E-state index contributed by atoms with van der Waals surface area (Å²) in [5, 5.41) is 10.6. The predicted octanol–water partition coefficient (Wildman–Crippen LogP) is -2.33. The van der Waals surface area contributed by atoms with Crippen LogP contribution < -0.4 is 34.7 Å². The molecule has 12 heavy (non-hydrogen) atoms. The number of aliphatic carboxylic acids is 1. The SMILES string of the molecule is O=C([O-])C1CCC12CCSS2.[Na+]. The van der Waals surface area contributed by atoms with E-state index in [1.807, 2.05) is 0 Å². The summed E-state index contributed by atoms with van der Waals surface area (Å²) < 4.78 is 0.0729. The zero-order chi connectivity index (χ0) is 7.90. The third-order valence-electron chi connectivity index (χ3n) is 2.61. The Morgan fingerprint density at radius 1 is 1.50 bits per heavy atom. The molecule has 0 aromatic heterocycles. The Balaban J connectivity index is 0.000000720. The van der Waals surface area contributed by atoms with Crippen LogP contribution in [-0.4, -0.2) is 16.5 Å². The summed E-state index contributed by atoms with van der Waals surface area (Å²) >= 11 is 0. The van der Waals surface area contributed by atoms with Crippen LogP contribution in [0, 0.1) is 5.92 Å². The number of hydrogen-bond acceptors (Lipinski definition) is 4. The van der Waals surface area contributed by atoms with Crippen LogP contribution >= 0.6 is 21.6 Å². The molecule has 1 saturated carbocycles. The molecule has 0 bridgehead atoms. The third-order valence-corrected chi connectivity index (χ3v) is 5.97. The fourth-order valence-electron chi connectivity index (χ4n) is 1.76. The Hall–Kier alpha value is 1.17. The first-order valence-electron chi connectivity index (χ1n) is 3.76. The van der Waals surface area contributed by atoms with E-state index in [0.717, 1.165) is 25.0 Å². The minimum Gasteiger partial charge on any atom is -0.550 e. The van der Waals surface area contributed by atoms with Gasteiger partial charge < -0.3 is 9.90 Å². The van der Waals surface area contributed by atoms with Gasteiger partial charge in [0.1, 0.15) is 0 Å². The van der Waals surface area contributed by atoms with E-state index in [2.05, 4.69) is 0 Å². The van der Waals surface area contributed by atoms with Crippen molar-refractivity contribution in [2.24, 2.45) is 5.92 Å². The fourth-order valence-corrected chi connectivity index (χ4v) is 5.42. The van der Waals surface area contributed by atoms with Crippen LogP contribution in [0.25, 0.3) is 0 Å². The van der Waals surface area contributed by atoms with Crippen LogP contribution in [0.1, 0.15) is 19.3 Å². The van der Waals surface area contributed by atoms with E-state index in [1.165, 1.54) is 0 Å². The average molecular weight is 212 g/mol. The van der Waals surface area contributed by atoms with Crippen molar-refractivity contribution in [1.82, 2.24) is 0 Å². The van der Waals surface area contributed by atoms with Gasteiger partial charge in [-0.3, -0.25) is 0 Å². The molecule has 0 radical (unpaired) electrons. The maximum Gasteiger partial charge on any atom is 1.00 e. The molecule has 0 aromatic rings. The van der Waals surface area contributed by atoms with Crippen LogP contribution in [0.3, 0.4) is 0 Å². The summed E-state index contributed by atoms with van der Waals surface area (Å²) in [6.45, 7) is 0. The molecule has 1 spiro atoms. The van der Waals surface area contributed by atoms with Gasteiger partial charge in [-0.15, -0.1) is 0 Å². The van der Waals surface area contributed by atoms with E-state index in [1.54, 1.807) is 21.6 Å². The maximum atomic E-state index is 10.6. The van der Waals surface area contributed by atoms with Crippen molar-refractivity contribution >= 4 is 27.6 Å². The normalized spacial score (nSPS) is 38.8. The maximum absolute atomic E-state index is 10.6. The molecule has 5 heteroatoms. The summed E-state index contributed by atoms with van der Waals surface area (Å²) in [7, 11) is 3.57. The van der Waals surface area contributed by atoms with Crippen molar-refractivity contribution in [1.29, 1.82) is 0 Å². The van der Waals surface area contributed by atoms with Gasteiger partial charge in [0, 0.05) is 22.4 Å². The van der Waals surface area contributed by atoms with Gasteiger partial charge in [0.15, 0.2) is 0 Å². The van der Waals surface area contributed by atoms with Crippen LogP contribution in [0.5, 0.6) is 0 Å². The Labute approximate surface area is 102 Å². The summed E-state index contributed by atoms with van der Waals surface area (Å²) in [5.74, 6) is 0.0998. The van der Waals surface area contributed by atoms with E-state index < -0.39 is 5.97 Å². The number of hydrogen-bond donors (Lipinski definition) is 0. The van der Waals surface area contributed by atoms with Crippen molar-refractivity contribution in [2.45, 2.75) is 24.0 Å². The Bertz CT molecular complexity index is 192. The first kappa shape index (κ1) is 11.2. The van der Waals surface area contributed by atoms with Gasteiger partial charge in [0.05, 0.1) is 0 Å². The fraction of sp³-hybridized carbons (Fsp3) is 0.857. The summed E-state index contributed by atoms with van der Waals surface area (Å²) in [5.41, 5.74) is 0. The van der Waals surface area contributed by atoms with E-state index in [0.29, 0.717) is 0 Å². The van der Waals surface area contributed by atoms with Crippen molar-refractivity contribution in [3.05, 3.63) is 0 Å². The average Bonchev–Trinajstić information content (AvgIpc) is 2.31. The molecular formula is C7H9NaO2S2. The minimum absolute atomic E-state index is 0. The van der Waals surface area contributed by atoms with Crippen LogP contribution in [0.4, 0.5) is 0 Å². The molecule has 2 atom stereocenters. The number of carbonyl (C=O) groups excluding carboxylic acids is 1. The molecule has 2 unspecified atom stereocenters. The molecule has 0 aromatic carbocycles. The Morgan fingerprint density at radius 2 is 2.25 bits per heavy atom. The van der Waals surface area contributed by atoms with Crippen LogP contribution in [0.15, 0.2) is 0 Å².